The van der Waals surface area contributed by atoms with Gasteiger partial charge in [0.15, 0.2) is 0 Å². The summed E-state index contributed by atoms with van der Waals surface area (Å²) >= 11 is 7.32. The van der Waals surface area contributed by atoms with Gasteiger partial charge in [0.25, 0.3) is 0 Å². The Morgan fingerprint density at radius 3 is 2.30 bits per heavy atom. The molecule has 0 aliphatic rings. The molecule has 1 unspecified atom stereocenters. The normalized spacial score (nSPS) is 12.2. The third-order valence-electron chi connectivity index (χ3n) is 3.35. The molecular formula is C17H18Br2O. The van der Waals surface area contributed by atoms with Crippen molar-refractivity contribution < 1.29 is 4.74 Å². The van der Waals surface area contributed by atoms with Crippen molar-refractivity contribution in [3.05, 3.63) is 63.1 Å². The number of methoxy groups -OCH3 is 1. The van der Waals surface area contributed by atoms with E-state index < -0.39 is 0 Å². The highest BCUT2D eigenvalue weighted by molar-refractivity contribution is 9.10. The van der Waals surface area contributed by atoms with Crippen LogP contribution in [0.3, 0.4) is 0 Å². The van der Waals surface area contributed by atoms with Crippen LogP contribution in [0.4, 0.5) is 0 Å². The van der Waals surface area contributed by atoms with Gasteiger partial charge in [0.2, 0.25) is 0 Å². The predicted octanol–water partition coefficient (Wildman–Crippen LogP) is 5.75. The molecule has 0 aliphatic heterocycles. The molecule has 106 valence electrons. The van der Waals surface area contributed by atoms with E-state index in [4.69, 9.17) is 4.74 Å². The molecule has 0 heterocycles. The lowest BCUT2D eigenvalue weighted by Gasteiger charge is -2.15. The maximum atomic E-state index is 5.42. The minimum Gasteiger partial charge on any atom is -0.496 e. The molecule has 20 heavy (non-hydrogen) atoms. The number of hydrogen-bond acceptors (Lipinski definition) is 1. The summed E-state index contributed by atoms with van der Waals surface area (Å²) in [7, 11) is 1.72. The molecule has 1 atom stereocenters. The Morgan fingerprint density at radius 2 is 1.75 bits per heavy atom. The molecule has 0 saturated heterocycles. The standard InChI is InChI=1S/C17H18Br2O/c1-11-7-14(8-12(2)17(11)20-3)16(19)10-13-5-4-6-15(18)9-13/h4-9,16H,10H2,1-3H3. The van der Waals surface area contributed by atoms with Crippen molar-refractivity contribution in [2.45, 2.75) is 25.1 Å². The number of rotatable bonds is 4. The van der Waals surface area contributed by atoms with E-state index >= 15 is 0 Å². The van der Waals surface area contributed by atoms with Gasteiger partial charge in [-0.3, -0.25) is 0 Å². The Balaban J connectivity index is 2.23. The van der Waals surface area contributed by atoms with Gasteiger partial charge in [0.05, 0.1) is 7.11 Å². The number of hydrogen-bond donors (Lipinski definition) is 0. The van der Waals surface area contributed by atoms with Crippen LogP contribution in [0.5, 0.6) is 5.75 Å². The van der Waals surface area contributed by atoms with Gasteiger partial charge in [-0.15, -0.1) is 0 Å². The van der Waals surface area contributed by atoms with E-state index in [9.17, 15) is 0 Å². The second-order valence-corrected chi connectivity index (χ2v) is 7.01. The van der Waals surface area contributed by atoms with Crippen LogP contribution in [0.1, 0.15) is 27.1 Å². The summed E-state index contributed by atoms with van der Waals surface area (Å²) in [5.41, 5.74) is 4.97. The van der Waals surface area contributed by atoms with Gasteiger partial charge >= 0.3 is 0 Å². The molecule has 2 aromatic carbocycles. The topological polar surface area (TPSA) is 9.23 Å². The van der Waals surface area contributed by atoms with Crippen LogP contribution in [0, 0.1) is 13.8 Å². The van der Waals surface area contributed by atoms with Gasteiger partial charge in [0.1, 0.15) is 5.75 Å². The Labute approximate surface area is 137 Å². The number of aryl methyl sites for hydroxylation is 2. The smallest absolute Gasteiger partial charge is 0.124 e. The minimum atomic E-state index is 0.306. The first-order chi connectivity index (χ1) is 9.51. The molecule has 0 aromatic heterocycles. The highest BCUT2D eigenvalue weighted by Gasteiger charge is 2.12. The van der Waals surface area contributed by atoms with E-state index in [2.05, 4.69) is 82.1 Å². The summed E-state index contributed by atoms with van der Waals surface area (Å²) in [6.45, 7) is 4.18. The third kappa shape index (κ3) is 3.64. The van der Waals surface area contributed by atoms with Crippen molar-refractivity contribution in [2.24, 2.45) is 0 Å². The monoisotopic (exact) mass is 396 g/mol. The van der Waals surface area contributed by atoms with Crippen molar-refractivity contribution in [2.75, 3.05) is 7.11 Å². The van der Waals surface area contributed by atoms with Crippen LogP contribution in [0.2, 0.25) is 0 Å². The summed E-state index contributed by atoms with van der Waals surface area (Å²) in [5, 5.41) is 0. The maximum absolute atomic E-state index is 5.42. The van der Waals surface area contributed by atoms with Crippen LogP contribution in [0.25, 0.3) is 0 Å². The summed E-state index contributed by atoms with van der Waals surface area (Å²) in [6.07, 6.45) is 0.963. The number of halogens is 2. The molecule has 0 bridgehead atoms. The molecular weight excluding hydrogens is 380 g/mol. The van der Waals surface area contributed by atoms with Crippen molar-refractivity contribution >= 4 is 31.9 Å². The van der Waals surface area contributed by atoms with E-state index in [1.54, 1.807) is 7.11 Å². The average molecular weight is 398 g/mol. The van der Waals surface area contributed by atoms with E-state index in [0.717, 1.165) is 16.6 Å². The highest BCUT2D eigenvalue weighted by Crippen LogP contribution is 2.33. The first-order valence-electron chi connectivity index (χ1n) is 6.55. The molecule has 2 aromatic rings. The molecule has 0 N–H and O–H groups in total. The maximum Gasteiger partial charge on any atom is 0.124 e. The molecule has 3 heteroatoms. The first-order valence-corrected chi connectivity index (χ1v) is 8.25. The summed E-state index contributed by atoms with van der Waals surface area (Å²) < 4.78 is 6.55. The molecule has 0 radical (unpaired) electrons. The molecule has 0 saturated carbocycles. The second-order valence-electron chi connectivity index (χ2n) is 4.99. The fraction of sp³-hybridized carbons (Fsp3) is 0.294. The average Bonchev–Trinajstić information content (AvgIpc) is 2.38. The van der Waals surface area contributed by atoms with Gasteiger partial charge in [-0.25, -0.2) is 0 Å². The van der Waals surface area contributed by atoms with Crippen molar-refractivity contribution in [3.8, 4) is 5.75 Å². The Morgan fingerprint density at radius 1 is 1.10 bits per heavy atom. The summed E-state index contributed by atoms with van der Waals surface area (Å²) in [4.78, 5) is 0.306. The van der Waals surface area contributed by atoms with E-state index in [0.29, 0.717) is 4.83 Å². The Kier molecular flexibility index (Phi) is 5.28. The molecule has 0 spiro atoms. The van der Waals surface area contributed by atoms with Gasteiger partial charge < -0.3 is 4.74 Å². The number of benzene rings is 2. The molecule has 0 fully saturated rings. The van der Waals surface area contributed by atoms with Gasteiger partial charge in [-0.05, 0) is 54.7 Å². The molecule has 0 amide bonds. The van der Waals surface area contributed by atoms with Crippen LogP contribution >= 0.6 is 31.9 Å². The third-order valence-corrected chi connectivity index (χ3v) is 4.70. The first kappa shape index (κ1) is 15.6. The van der Waals surface area contributed by atoms with Crippen LogP contribution in [0.15, 0.2) is 40.9 Å². The Hall–Kier alpha value is -0.800. The fourth-order valence-electron chi connectivity index (χ4n) is 2.48. The van der Waals surface area contributed by atoms with E-state index in [1.165, 1.54) is 22.3 Å². The second kappa shape index (κ2) is 6.77. The molecule has 2 rings (SSSR count). The lowest BCUT2D eigenvalue weighted by Crippen LogP contribution is -1.99. The zero-order chi connectivity index (χ0) is 14.7. The zero-order valence-electron chi connectivity index (χ0n) is 11.9. The van der Waals surface area contributed by atoms with Crippen LogP contribution in [-0.2, 0) is 6.42 Å². The van der Waals surface area contributed by atoms with Crippen molar-refractivity contribution in [1.29, 1.82) is 0 Å². The number of alkyl halides is 1. The van der Waals surface area contributed by atoms with Crippen molar-refractivity contribution in [3.63, 3.8) is 0 Å². The van der Waals surface area contributed by atoms with Gasteiger partial charge in [-0.1, -0.05) is 56.1 Å². The lowest BCUT2D eigenvalue weighted by atomic mass is 9.99. The fourth-order valence-corrected chi connectivity index (χ4v) is 3.56. The summed E-state index contributed by atoms with van der Waals surface area (Å²) in [6, 6.07) is 12.8. The van der Waals surface area contributed by atoms with Crippen LogP contribution in [-0.4, -0.2) is 7.11 Å². The zero-order valence-corrected chi connectivity index (χ0v) is 15.1. The minimum absolute atomic E-state index is 0.306. The van der Waals surface area contributed by atoms with Gasteiger partial charge in [0, 0.05) is 9.30 Å². The quantitative estimate of drug-likeness (QED) is 0.596. The molecule has 0 aliphatic carbocycles. The van der Waals surface area contributed by atoms with E-state index in [-0.39, 0.29) is 0 Å². The number of ether oxygens (including phenoxy) is 1. The van der Waals surface area contributed by atoms with Crippen LogP contribution < -0.4 is 4.74 Å². The SMILES string of the molecule is COc1c(C)cc(C(Br)Cc2cccc(Br)c2)cc1C. The Bertz CT molecular complexity index is 585. The van der Waals surface area contributed by atoms with Gasteiger partial charge in [-0.2, -0.15) is 0 Å². The van der Waals surface area contributed by atoms with E-state index in [1.807, 2.05) is 0 Å². The highest BCUT2D eigenvalue weighted by atomic mass is 79.9. The molecule has 1 nitrogen and oxygen atoms in total. The largest absolute Gasteiger partial charge is 0.496 e. The lowest BCUT2D eigenvalue weighted by molar-refractivity contribution is 0.408. The van der Waals surface area contributed by atoms with Crippen molar-refractivity contribution in [1.82, 2.24) is 0 Å². The summed E-state index contributed by atoms with van der Waals surface area (Å²) in [5.74, 6) is 0.982. The predicted molar refractivity (Wildman–Crippen MR) is 92.0 cm³/mol.